The van der Waals surface area contributed by atoms with Crippen molar-refractivity contribution in [2.75, 3.05) is 41.9 Å². The number of hydrazone groups is 1. The van der Waals surface area contributed by atoms with Crippen LogP contribution in [-0.4, -0.2) is 47.5 Å². The van der Waals surface area contributed by atoms with E-state index in [0.717, 1.165) is 37.9 Å². The Morgan fingerprint density at radius 2 is 1.90 bits per heavy atom. The van der Waals surface area contributed by atoms with E-state index in [9.17, 15) is 0 Å². The van der Waals surface area contributed by atoms with Crippen LogP contribution in [-0.2, 0) is 4.74 Å². The molecule has 3 aromatic rings. The van der Waals surface area contributed by atoms with E-state index in [4.69, 9.17) is 4.74 Å². The molecular formula is C21H21BrIN7O. The number of aryl methyl sites for hydroxylation is 1. The van der Waals surface area contributed by atoms with Crippen LogP contribution in [0.1, 0.15) is 11.1 Å². The minimum absolute atomic E-state index is 0.365. The molecule has 2 heterocycles. The molecule has 2 aromatic carbocycles. The fraction of sp³-hybridized carbons (Fsp3) is 0.238. The standard InChI is InChI=1S/C21H21BrIN7O/c1-14-5-6-18(17(22)11-14)25-19-26-20(28-21(27-19)30-7-9-31-10-8-30)29-24-13-15-3-2-4-16(23)12-15/h2-6,11-13H,7-10H2,1H3,(H2,25,26,27,28,29)/b24-13-. The number of aromatic nitrogens is 3. The summed E-state index contributed by atoms with van der Waals surface area (Å²) in [5, 5.41) is 7.58. The van der Waals surface area contributed by atoms with E-state index in [1.165, 1.54) is 0 Å². The van der Waals surface area contributed by atoms with E-state index in [0.29, 0.717) is 31.1 Å². The zero-order valence-electron chi connectivity index (χ0n) is 16.8. The number of morpholine rings is 1. The number of rotatable bonds is 6. The van der Waals surface area contributed by atoms with E-state index in [1.807, 2.05) is 49.4 Å². The van der Waals surface area contributed by atoms with Gasteiger partial charge in [0.1, 0.15) is 0 Å². The quantitative estimate of drug-likeness (QED) is 0.246. The molecule has 0 spiro atoms. The molecule has 4 rings (SSSR count). The van der Waals surface area contributed by atoms with Gasteiger partial charge in [0, 0.05) is 21.1 Å². The van der Waals surface area contributed by atoms with Gasteiger partial charge < -0.3 is 15.0 Å². The fourth-order valence-corrected chi connectivity index (χ4v) is 4.13. The summed E-state index contributed by atoms with van der Waals surface area (Å²) in [5.41, 5.74) is 5.96. The first-order chi connectivity index (χ1) is 15.1. The minimum Gasteiger partial charge on any atom is -0.378 e. The van der Waals surface area contributed by atoms with Crippen molar-refractivity contribution in [1.82, 2.24) is 15.0 Å². The maximum atomic E-state index is 5.45. The second-order valence-electron chi connectivity index (χ2n) is 6.92. The molecule has 0 bridgehead atoms. The largest absolute Gasteiger partial charge is 0.378 e. The molecule has 160 valence electrons. The molecule has 8 nitrogen and oxygen atoms in total. The van der Waals surface area contributed by atoms with Gasteiger partial charge in [-0.05, 0) is 80.8 Å². The summed E-state index contributed by atoms with van der Waals surface area (Å²) in [6.45, 7) is 4.78. The van der Waals surface area contributed by atoms with Crippen molar-refractivity contribution in [3.63, 3.8) is 0 Å². The third-order valence-electron chi connectivity index (χ3n) is 4.52. The predicted octanol–water partition coefficient (Wildman–Crippen LogP) is 4.57. The summed E-state index contributed by atoms with van der Waals surface area (Å²) in [5.74, 6) is 1.38. The van der Waals surface area contributed by atoms with Crippen LogP contribution in [0, 0.1) is 10.5 Å². The summed E-state index contributed by atoms with van der Waals surface area (Å²) in [4.78, 5) is 15.7. The molecule has 10 heteroatoms. The average molecular weight is 594 g/mol. The van der Waals surface area contributed by atoms with Crippen molar-refractivity contribution in [1.29, 1.82) is 0 Å². The Labute approximate surface area is 202 Å². The molecule has 0 aliphatic carbocycles. The van der Waals surface area contributed by atoms with Gasteiger partial charge in [0.2, 0.25) is 17.8 Å². The molecule has 0 amide bonds. The van der Waals surface area contributed by atoms with Crippen molar-refractivity contribution in [3.8, 4) is 0 Å². The van der Waals surface area contributed by atoms with Crippen LogP contribution in [0.15, 0.2) is 52.0 Å². The molecule has 1 aliphatic rings. The molecule has 31 heavy (non-hydrogen) atoms. The number of ether oxygens (including phenoxy) is 1. The van der Waals surface area contributed by atoms with Crippen LogP contribution in [0.4, 0.5) is 23.5 Å². The minimum atomic E-state index is 0.365. The summed E-state index contributed by atoms with van der Waals surface area (Å²) < 4.78 is 7.54. The van der Waals surface area contributed by atoms with Crippen molar-refractivity contribution in [2.24, 2.45) is 5.10 Å². The van der Waals surface area contributed by atoms with E-state index < -0.39 is 0 Å². The first-order valence-corrected chi connectivity index (χ1v) is 11.6. The number of halogens is 2. The van der Waals surface area contributed by atoms with Crippen molar-refractivity contribution >= 4 is 68.3 Å². The first-order valence-electron chi connectivity index (χ1n) is 9.73. The maximum absolute atomic E-state index is 5.45. The zero-order valence-corrected chi connectivity index (χ0v) is 20.6. The SMILES string of the molecule is Cc1ccc(Nc2nc(N/N=C\c3cccc(I)c3)nc(N3CCOCC3)n2)c(Br)c1. The van der Waals surface area contributed by atoms with Crippen molar-refractivity contribution in [3.05, 3.63) is 61.6 Å². The van der Waals surface area contributed by atoms with Gasteiger partial charge in [-0.3, -0.25) is 0 Å². The molecule has 1 saturated heterocycles. The molecule has 1 fully saturated rings. The van der Waals surface area contributed by atoms with Gasteiger partial charge in [-0.2, -0.15) is 20.1 Å². The van der Waals surface area contributed by atoms with Gasteiger partial charge in [0.15, 0.2) is 0 Å². The summed E-state index contributed by atoms with van der Waals surface area (Å²) in [6.07, 6.45) is 1.74. The molecule has 1 aliphatic heterocycles. The molecule has 0 unspecified atom stereocenters. The second-order valence-corrected chi connectivity index (χ2v) is 9.02. The summed E-state index contributed by atoms with van der Waals surface area (Å²) >= 11 is 5.87. The van der Waals surface area contributed by atoms with E-state index in [1.54, 1.807) is 6.21 Å². The number of hydrogen-bond acceptors (Lipinski definition) is 8. The Morgan fingerprint density at radius 3 is 2.68 bits per heavy atom. The highest BCUT2D eigenvalue weighted by atomic mass is 127. The third kappa shape index (κ3) is 6.11. The Bertz CT molecular complexity index is 1090. The second kappa shape index (κ2) is 10.3. The average Bonchev–Trinajstić information content (AvgIpc) is 2.76. The fourth-order valence-electron chi connectivity index (χ4n) is 2.97. The Balaban J connectivity index is 1.59. The molecule has 0 atom stereocenters. The van der Waals surface area contributed by atoms with E-state index in [2.05, 4.69) is 74.2 Å². The van der Waals surface area contributed by atoms with Crippen LogP contribution in [0.5, 0.6) is 0 Å². The lowest BCUT2D eigenvalue weighted by molar-refractivity contribution is 0.122. The Kier molecular flexibility index (Phi) is 7.30. The first kappa shape index (κ1) is 21.9. The van der Waals surface area contributed by atoms with E-state index >= 15 is 0 Å². The number of benzene rings is 2. The van der Waals surface area contributed by atoms with Gasteiger partial charge in [-0.25, -0.2) is 5.43 Å². The summed E-state index contributed by atoms with van der Waals surface area (Å²) in [6, 6.07) is 14.1. The smallest absolute Gasteiger partial charge is 0.250 e. The molecular weight excluding hydrogens is 573 g/mol. The number of nitrogens with zero attached hydrogens (tertiary/aromatic N) is 5. The normalized spacial score (nSPS) is 14.1. The van der Waals surface area contributed by atoms with Gasteiger partial charge in [-0.1, -0.05) is 18.2 Å². The van der Waals surface area contributed by atoms with Gasteiger partial charge >= 0.3 is 0 Å². The van der Waals surface area contributed by atoms with Crippen LogP contribution in [0.25, 0.3) is 0 Å². The lowest BCUT2D eigenvalue weighted by atomic mass is 10.2. The maximum Gasteiger partial charge on any atom is 0.250 e. The summed E-state index contributed by atoms with van der Waals surface area (Å²) in [7, 11) is 0. The lowest BCUT2D eigenvalue weighted by Crippen LogP contribution is -2.37. The highest BCUT2D eigenvalue weighted by Crippen LogP contribution is 2.26. The highest BCUT2D eigenvalue weighted by Gasteiger charge is 2.17. The molecule has 2 N–H and O–H groups in total. The monoisotopic (exact) mass is 593 g/mol. The lowest BCUT2D eigenvalue weighted by Gasteiger charge is -2.27. The van der Waals surface area contributed by atoms with Crippen LogP contribution < -0.4 is 15.6 Å². The van der Waals surface area contributed by atoms with Crippen LogP contribution >= 0.6 is 38.5 Å². The van der Waals surface area contributed by atoms with E-state index in [-0.39, 0.29) is 0 Å². The molecule has 0 radical (unpaired) electrons. The van der Waals surface area contributed by atoms with Gasteiger partial charge in [0.05, 0.1) is 25.1 Å². The highest BCUT2D eigenvalue weighted by molar-refractivity contribution is 14.1. The number of hydrogen-bond donors (Lipinski definition) is 2. The number of nitrogens with one attached hydrogen (secondary N) is 2. The van der Waals surface area contributed by atoms with Crippen LogP contribution in [0.2, 0.25) is 0 Å². The zero-order chi connectivity index (χ0) is 21.6. The third-order valence-corrected chi connectivity index (χ3v) is 5.84. The molecule has 1 aromatic heterocycles. The Morgan fingerprint density at radius 1 is 1.10 bits per heavy atom. The van der Waals surface area contributed by atoms with Crippen LogP contribution in [0.3, 0.4) is 0 Å². The van der Waals surface area contributed by atoms with Crippen molar-refractivity contribution < 1.29 is 4.74 Å². The topological polar surface area (TPSA) is 87.6 Å². The Hall–Kier alpha value is -2.31. The number of anilines is 4. The van der Waals surface area contributed by atoms with Crippen molar-refractivity contribution in [2.45, 2.75) is 6.92 Å². The molecule has 0 saturated carbocycles. The van der Waals surface area contributed by atoms with Gasteiger partial charge in [-0.15, -0.1) is 0 Å². The predicted molar refractivity (Wildman–Crippen MR) is 135 cm³/mol. The van der Waals surface area contributed by atoms with Gasteiger partial charge in [0.25, 0.3) is 0 Å².